The average Bonchev–Trinajstić information content (AvgIpc) is 3.14. The number of nitrogens with zero attached hydrogens (tertiary/aromatic N) is 1. The highest BCUT2D eigenvalue weighted by Gasteiger charge is 2.47. The van der Waals surface area contributed by atoms with Crippen molar-refractivity contribution < 1.29 is 18.4 Å². The summed E-state index contributed by atoms with van der Waals surface area (Å²) in [6.45, 7) is 27.2. The number of rotatable bonds is 10. The van der Waals surface area contributed by atoms with Gasteiger partial charge in [0.05, 0.1) is 25.3 Å². The van der Waals surface area contributed by atoms with Crippen molar-refractivity contribution in [2.75, 3.05) is 19.5 Å². The summed E-state index contributed by atoms with van der Waals surface area (Å²) in [7, 11) is -2.55. The van der Waals surface area contributed by atoms with Crippen LogP contribution in [0, 0.1) is 0 Å². The summed E-state index contributed by atoms with van der Waals surface area (Å²) in [6, 6.07) is 3.49. The number of anilines is 1. The first-order valence-electron chi connectivity index (χ1n) is 13.7. The number of hydrogen-bond acceptors (Lipinski definition) is 5. The molecule has 2 rings (SSSR count). The van der Waals surface area contributed by atoms with E-state index in [-0.39, 0.29) is 17.0 Å². The van der Waals surface area contributed by atoms with Crippen molar-refractivity contribution >= 4 is 28.2 Å². The van der Waals surface area contributed by atoms with Crippen LogP contribution in [-0.4, -0.2) is 47.2 Å². The Kier molecular flexibility index (Phi) is 9.80. The third-order valence-electron chi connectivity index (χ3n) is 8.55. The molecular weight excluding hydrogens is 497 g/mol. The van der Waals surface area contributed by atoms with E-state index >= 15 is 0 Å². The van der Waals surface area contributed by atoms with E-state index < -0.39 is 16.6 Å². The Labute approximate surface area is 228 Å². The Morgan fingerprint density at radius 3 is 2.05 bits per heavy atom. The van der Waals surface area contributed by atoms with Crippen LogP contribution in [-0.2, 0) is 4.43 Å². The lowest BCUT2D eigenvalue weighted by Crippen LogP contribution is -2.50. The molecule has 210 valence electrons. The van der Waals surface area contributed by atoms with E-state index in [0.717, 1.165) is 12.0 Å². The molecule has 1 aromatic rings. The fourth-order valence-corrected chi connectivity index (χ4v) is 11.7. The van der Waals surface area contributed by atoms with Crippen LogP contribution in [0.15, 0.2) is 23.9 Å². The molecule has 0 spiro atoms. The number of benzene rings is 1. The summed E-state index contributed by atoms with van der Waals surface area (Å²) in [5.41, 5.74) is 9.72. The summed E-state index contributed by atoms with van der Waals surface area (Å²) in [5, 5.41) is 0.108. The Bertz CT molecular complexity index is 975. The predicted octanol–water partition coefficient (Wildman–Crippen LogP) is 7.97. The molecule has 37 heavy (non-hydrogen) atoms. The minimum Gasteiger partial charge on any atom is -0.540 e. The second-order valence-electron chi connectivity index (χ2n) is 13.1. The van der Waals surface area contributed by atoms with Gasteiger partial charge in [0.15, 0.2) is 14.1 Å². The zero-order valence-electron chi connectivity index (χ0n) is 25.6. The first-order chi connectivity index (χ1) is 16.9. The maximum Gasteiger partial charge on any atom is 0.260 e. The minimum atomic E-state index is -2.23. The molecule has 1 aromatic carbocycles. The molecule has 8 heteroatoms. The van der Waals surface area contributed by atoms with Crippen molar-refractivity contribution in [2.24, 2.45) is 0 Å². The van der Waals surface area contributed by atoms with Gasteiger partial charge in [-0.3, -0.25) is 4.79 Å². The van der Waals surface area contributed by atoms with Crippen LogP contribution in [0.3, 0.4) is 0 Å². The molecule has 0 fully saturated rings. The molecule has 1 heterocycles. The smallest absolute Gasteiger partial charge is 0.260 e. The van der Waals surface area contributed by atoms with Crippen LogP contribution in [0.2, 0.25) is 34.8 Å². The molecule has 0 saturated carbocycles. The molecule has 1 amide bonds. The molecule has 0 radical (unpaired) electrons. The first-order valence-corrected chi connectivity index (χ1v) is 18.7. The Morgan fingerprint density at radius 1 is 1.05 bits per heavy atom. The van der Waals surface area contributed by atoms with Gasteiger partial charge in [-0.2, -0.15) is 0 Å². The van der Waals surface area contributed by atoms with Crippen molar-refractivity contribution in [3.63, 3.8) is 0 Å². The number of carbonyl (C=O) groups excluding carboxylic acids is 1. The van der Waals surface area contributed by atoms with E-state index in [9.17, 15) is 4.79 Å². The number of methoxy groups -OCH3 is 1. The minimum absolute atomic E-state index is 0.0502. The summed E-state index contributed by atoms with van der Waals surface area (Å²) < 4.78 is 19.1. The number of nitrogens with two attached hydrogens (primary N) is 1. The van der Waals surface area contributed by atoms with Crippen molar-refractivity contribution in [2.45, 2.75) is 116 Å². The van der Waals surface area contributed by atoms with E-state index in [4.69, 9.17) is 19.3 Å². The lowest BCUT2D eigenvalue weighted by Gasteiger charge is -2.42. The monoisotopic (exact) mass is 548 g/mol. The molecule has 0 saturated heterocycles. The quantitative estimate of drug-likeness (QED) is 0.237. The summed E-state index contributed by atoms with van der Waals surface area (Å²) in [6.07, 6.45) is 2.73. The van der Waals surface area contributed by atoms with Crippen molar-refractivity contribution in [1.82, 2.24) is 4.90 Å². The SMILES string of the molecule is COc1cc(C(=O)N2C=C(C)CC2CO[Si](C)(C)C(C)(C)C)c(N)cc1O[Si](C(C)C)(C(C)C)C(C)C. The molecular formula is C29H52N2O4Si2. The number of hydrogen-bond donors (Lipinski definition) is 1. The van der Waals surface area contributed by atoms with E-state index in [1.54, 1.807) is 24.1 Å². The molecule has 1 atom stereocenters. The molecule has 1 aliphatic rings. The van der Waals surface area contributed by atoms with Crippen LogP contribution in [0.5, 0.6) is 11.5 Å². The van der Waals surface area contributed by atoms with Crippen LogP contribution < -0.4 is 14.9 Å². The van der Waals surface area contributed by atoms with Gasteiger partial charge in [-0.05, 0) is 54.2 Å². The third kappa shape index (κ3) is 6.45. The van der Waals surface area contributed by atoms with Crippen LogP contribution in [0.4, 0.5) is 5.69 Å². The normalized spacial score (nSPS) is 17.1. The molecule has 2 N–H and O–H groups in total. The fourth-order valence-electron chi connectivity index (χ4n) is 5.43. The fraction of sp³-hybridized carbons (Fsp3) is 0.690. The highest BCUT2D eigenvalue weighted by molar-refractivity contribution is 6.78. The van der Waals surface area contributed by atoms with Crippen molar-refractivity contribution in [1.29, 1.82) is 0 Å². The van der Waals surface area contributed by atoms with Gasteiger partial charge in [-0.1, -0.05) is 67.9 Å². The molecule has 1 aliphatic heterocycles. The number of amides is 1. The van der Waals surface area contributed by atoms with Gasteiger partial charge in [0.25, 0.3) is 14.2 Å². The van der Waals surface area contributed by atoms with Crippen LogP contribution >= 0.6 is 0 Å². The zero-order valence-corrected chi connectivity index (χ0v) is 27.6. The molecule has 0 aliphatic carbocycles. The third-order valence-corrected chi connectivity index (χ3v) is 19.0. The zero-order chi connectivity index (χ0) is 28.5. The maximum atomic E-state index is 13.8. The van der Waals surface area contributed by atoms with Gasteiger partial charge >= 0.3 is 0 Å². The average molecular weight is 549 g/mol. The van der Waals surface area contributed by atoms with Crippen LogP contribution in [0.25, 0.3) is 0 Å². The predicted molar refractivity (Wildman–Crippen MR) is 161 cm³/mol. The second kappa shape index (κ2) is 11.5. The van der Waals surface area contributed by atoms with Gasteiger partial charge in [0, 0.05) is 18.0 Å². The molecule has 1 unspecified atom stereocenters. The van der Waals surface area contributed by atoms with E-state index in [1.807, 2.05) is 6.20 Å². The number of nitrogen functional groups attached to an aromatic ring is 1. The Morgan fingerprint density at radius 2 is 1.59 bits per heavy atom. The summed E-state index contributed by atoms with van der Waals surface area (Å²) in [4.78, 5) is 15.6. The maximum absolute atomic E-state index is 13.8. The van der Waals surface area contributed by atoms with Crippen molar-refractivity contribution in [3.05, 3.63) is 29.5 Å². The Balaban J connectivity index is 2.41. The van der Waals surface area contributed by atoms with Crippen LogP contribution in [0.1, 0.15) is 86.0 Å². The highest BCUT2D eigenvalue weighted by atomic mass is 28.4. The lowest BCUT2D eigenvalue weighted by atomic mass is 10.1. The standard InChI is InChI=1S/C29H52N2O4Si2/c1-19(2)37(20(3)4,21(5)6)35-27-16-25(30)24(15-26(27)33-11)28(32)31-17-22(7)14-23(31)18-34-36(12,13)29(8,9)10/h15-17,19-21,23H,14,18,30H2,1-13H3. The van der Waals surface area contributed by atoms with Gasteiger partial charge in [0.1, 0.15) is 5.75 Å². The topological polar surface area (TPSA) is 74.0 Å². The van der Waals surface area contributed by atoms with E-state index in [0.29, 0.717) is 46.0 Å². The van der Waals surface area contributed by atoms with Gasteiger partial charge in [0.2, 0.25) is 0 Å². The lowest BCUT2D eigenvalue weighted by molar-refractivity contribution is 0.0738. The molecule has 6 nitrogen and oxygen atoms in total. The van der Waals surface area contributed by atoms with Gasteiger partial charge in [-0.25, -0.2) is 0 Å². The van der Waals surface area contributed by atoms with E-state index in [2.05, 4.69) is 82.3 Å². The highest BCUT2D eigenvalue weighted by Crippen LogP contribution is 2.46. The van der Waals surface area contributed by atoms with Gasteiger partial charge < -0.3 is 24.2 Å². The number of ether oxygens (including phenoxy) is 1. The van der Waals surface area contributed by atoms with Crippen molar-refractivity contribution in [3.8, 4) is 11.5 Å². The molecule has 0 bridgehead atoms. The second-order valence-corrected chi connectivity index (χ2v) is 23.3. The van der Waals surface area contributed by atoms with E-state index in [1.165, 1.54) is 0 Å². The summed E-state index contributed by atoms with van der Waals surface area (Å²) in [5.74, 6) is 1.04. The molecule has 0 aromatic heterocycles. The first kappa shape index (κ1) is 31.4. The summed E-state index contributed by atoms with van der Waals surface area (Å²) >= 11 is 0. The number of carbonyl (C=O) groups is 1. The van der Waals surface area contributed by atoms with Gasteiger partial charge in [-0.15, -0.1) is 0 Å². The largest absolute Gasteiger partial charge is 0.540 e. The Hall–Kier alpha value is -1.78.